The summed E-state index contributed by atoms with van der Waals surface area (Å²) in [5, 5.41) is 2.85. The van der Waals surface area contributed by atoms with Crippen LogP contribution in [0.4, 0.5) is 0 Å². The third-order valence-corrected chi connectivity index (χ3v) is 9.49. The number of rotatable bonds is 2. The van der Waals surface area contributed by atoms with Gasteiger partial charge in [-0.25, -0.2) is 0 Å². The second-order valence-corrected chi connectivity index (χ2v) is 9.56. The molecule has 1 nitrogen and oxygen atoms in total. The first-order valence-electron chi connectivity index (χ1n) is 6.52. The van der Waals surface area contributed by atoms with Crippen molar-refractivity contribution in [1.29, 1.82) is 0 Å². The molecule has 4 aromatic rings. The predicted molar refractivity (Wildman–Crippen MR) is 101 cm³/mol. The van der Waals surface area contributed by atoms with E-state index in [-0.39, 0.29) is 0 Å². The first kappa shape index (κ1) is 13.8. The van der Waals surface area contributed by atoms with E-state index in [1.54, 1.807) is 7.11 Å². The van der Waals surface area contributed by atoms with Crippen LogP contribution in [0.3, 0.4) is 0 Å². The van der Waals surface area contributed by atoms with Gasteiger partial charge in [-0.1, -0.05) is 0 Å². The summed E-state index contributed by atoms with van der Waals surface area (Å²) in [5.74, 6) is 0.975. The Labute approximate surface area is 146 Å². The van der Waals surface area contributed by atoms with Gasteiger partial charge in [-0.2, -0.15) is 0 Å². The molecule has 4 heteroatoms. The molecule has 2 aromatic carbocycles. The zero-order valence-electron chi connectivity index (χ0n) is 11.2. The predicted octanol–water partition coefficient (Wildman–Crippen LogP) is 5.39. The second kappa shape index (κ2) is 5.43. The number of methoxy groups -OCH3 is 1. The normalized spacial score (nSPS) is 11.3. The maximum atomic E-state index is 5.54. The molecule has 0 aliphatic rings. The number of fused-ring (bicyclic) bond motifs is 3. The molecule has 4 rings (SSSR count). The molecule has 0 radical (unpaired) electrons. The van der Waals surface area contributed by atoms with Crippen molar-refractivity contribution < 1.29 is 4.74 Å². The first-order chi connectivity index (χ1) is 10.3. The molecule has 0 N–H and O–H groups in total. The zero-order chi connectivity index (χ0) is 14.4. The number of benzene rings is 2. The summed E-state index contributed by atoms with van der Waals surface area (Å²) in [6, 6.07) is 17.1. The summed E-state index contributed by atoms with van der Waals surface area (Å²) >= 11 is 4.82. The van der Waals surface area contributed by atoms with E-state index in [9.17, 15) is 0 Å². The third kappa shape index (κ3) is 2.16. The van der Waals surface area contributed by atoms with E-state index >= 15 is 0 Å². The molecule has 0 aliphatic heterocycles. The first-order valence-corrected chi connectivity index (χ1v) is 10.1. The average Bonchev–Trinajstić information content (AvgIpc) is 3.04. The number of hydrogen-bond acceptors (Lipinski definition) is 2. The van der Waals surface area contributed by atoms with Crippen LogP contribution in [0.1, 0.15) is 0 Å². The Bertz CT molecular complexity index is 954. The molecule has 0 unspecified atom stereocenters. The Morgan fingerprint density at radius 3 is 2.67 bits per heavy atom. The van der Waals surface area contributed by atoms with Gasteiger partial charge in [0.05, 0.1) is 0 Å². The van der Waals surface area contributed by atoms with Gasteiger partial charge in [-0.05, 0) is 0 Å². The van der Waals surface area contributed by atoms with Crippen LogP contribution in [0, 0.1) is 3.57 Å². The van der Waals surface area contributed by atoms with Crippen molar-refractivity contribution in [3.63, 3.8) is 0 Å². The van der Waals surface area contributed by atoms with Crippen LogP contribution in [0.5, 0.6) is 5.75 Å². The molecular weight excluding hydrogens is 458 g/mol. The monoisotopic (exact) mass is 470 g/mol. The molecule has 0 aliphatic carbocycles. The van der Waals surface area contributed by atoms with E-state index in [1.807, 2.05) is 23.5 Å². The SMILES string of the molecule is COc1ccccc1-c1[se]c2sc3ccccc3c2c1I. The van der Waals surface area contributed by atoms with Crippen LogP contribution < -0.4 is 4.74 Å². The third-order valence-electron chi connectivity index (χ3n) is 3.53. The molecule has 2 aromatic heterocycles. The molecule has 21 heavy (non-hydrogen) atoms. The molecule has 0 saturated heterocycles. The molecule has 0 atom stereocenters. The van der Waals surface area contributed by atoms with E-state index < -0.39 is 0 Å². The van der Waals surface area contributed by atoms with Crippen LogP contribution in [-0.4, -0.2) is 21.6 Å². The number of para-hydroxylation sites is 1. The summed E-state index contributed by atoms with van der Waals surface area (Å²) < 4.78 is 11.3. The number of ether oxygens (including phenoxy) is 1. The van der Waals surface area contributed by atoms with Gasteiger partial charge < -0.3 is 0 Å². The van der Waals surface area contributed by atoms with Crippen molar-refractivity contribution in [2.45, 2.75) is 0 Å². The molecule has 0 amide bonds. The number of thiophene rings is 1. The quantitative estimate of drug-likeness (QED) is 0.283. The minimum atomic E-state index is 0.365. The topological polar surface area (TPSA) is 9.23 Å². The Balaban J connectivity index is 2.04. The molecular formula is C17H11IOSSe. The Morgan fingerprint density at radius 2 is 1.81 bits per heavy atom. The van der Waals surface area contributed by atoms with Gasteiger partial charge in [-0.3, -0.25) is 0 Å². The molecule has 0 fully saturated rings. The van der Waals surface area contributed by atoms with Gasteiger partial charge in [0.2, 0.25) is 0 Å². The summed E-state index contributed by atoms with van der Waals surface area (Å²) in [4.78, 5) is 0. The van der Waals surface area contributed by atoms with Crippen molar-refractivity contribution in [2.24, 2.45) is 0 Å². The summed E-state index contributed by atoms with van der Waals surface area (Å²) in [6.07, 6.45) is 0. The summed E-state index contributed by atoms with van der Waals surface area (Å²) in [5.41, 5.74) is 1.25. The Kier molecular flexibility index (Phi) is 3.58. The van der Waals surface area contributed by atoms with Crippen molar-refractivity contribution in [1.82, 2.24) is 0 Å². The van der Waals surface area contributed by atoms with E-state index in [2.05, 4.69) is 59.0 Å². The molecule has 0 spiro atoms. The summed E-state index contributed by atoms with van der Waals surface area (Å²) in [6.45, 7) is 0. The molecule has 2 heterocycles. The van der Waals surface area contributed by atoms with E-state index in [4.69, 9.17) is 4.74 Å². The fraction of sp³-hybridized carbons (Fsp3) is 0.0588. The van der Waals surface area contributed by atoms with Crippen molar-refractivity contribution >= 4 is 67.5 Å². The van der Waals surface area contributed by atoms with Crippen molar-refractivity contribution in [3.05, 3.63) is 52.1 Å². The summed E-state index contributed by atoms with van der Waals surface area (Å²) in [7, 11) is 1.75. The average molecular weight is 469 g/mol. The maximum absolute atomic E-state index is 5.54. The molecule has 104 valence electrons. The molecule has 0 saturated carbocycles. The van der Waals surface area contributed by atoms with E-state index in [0.29, 0.717) is 14.5 Å². The number of hydrogen-bond donors (Lipinski definition) is 0. The second-order valence-electron chi connectivity index (χ2n) is 4.71. The Morgan fingerprint density at radius 1 is 1.05 bits per heavy atom. The fourth-order valence-corrected chi connectivity index (χ4v) is 8.85. The van der Waals surface area contributed by atoms with Crippen LogP contribution in [0.15, 0.2) is 48.5 Å². The van der Waals surface area contributed by atoms with Gasteiger partial charge >= 0.3 is 147 Å². The van der Waals surface area contributed by atoms with Gasteiger partial charge in [0.1, 0.15) is 0 Å². The van der Waals surface area contributed by atoms with Gasteiger partial charge in [0.15, 0.2) is 0 Å². The van der Waals surface area contributed by atoms with Crippen LogP contribution >= 0.6 is 33.9 Å². The van der Waals surface area contributed by atoms with Crippen LogP contribution in [0.25, 0.3) is 29.0 Å². The van der Waals surface area contributed by atoms with Crippen LogP contribution in [0.2, 0.25) is 0 Å². The van der Waals surface area contributed by atoms with E-state index in [0.717, 1.165) is 5.75 Å². The van der Waals surface area contributed by atoms with Gasteiger partial charge in [0, 0.05) is 0 Å². The zero-order valence-corrected chi connectivity index (χ0v) is 15.9. The van der Waals surface area contributed by atoms with E-state index in [1.165, 1.54) is 32.6 Å². The van der Waals surface area contributed by atoms with Crippen LogP contribution in [-0.2, 0) is 0 Å². The Hall–Kier alpha value is -0.811. The molecule has 0 bridgehead atoms. The van der Waals surface area contributed by atoms with Crippen molar-refractivity contribution in [3.8, 4) is 15.8 Å². The van der Waals surface area contributed by atoms with Crippen molar-refractivity contribution in [2.75, 3.05) is 7.11 Å². The standard InChI is InChI=1S/C17H11IOSSe/c1-19-12-8-4-2-6-10(12)16-15(18)14-11-7-3-5-9-13(11)20-17(14)21-16/h2-9H,1H3. The number of halogens is 1. The minimum absolute atomic E-state index is 0.365. The van der Waals surface area contributed by atoms with Gasteiger partial charge in [-0.15, -0.1) is 0 Å². The van der Waals surface area contributed by atoms with Gasteiger partial charge in [0.25, 0.3) is 0 Å². The fourth-order valence-electron chi connectivity index (χ4n) is 2.56.